The number of carbonyl (C=O) groups is 1. The average molecular weight is 473 g/mol. The van der Waals surface area contributed by atoms with E-state index in [1.54, 1.807) is 12.1 Å². The molecule has 1 amide bonds. The van der Waals surface area contributed by atoms with Crippen molar-refractivity contribution in [2.24, 2.45) is 10.7 Å². The van der Waals surface area contributed by atoms with E-state index in [2.05, 4.69) is 15.6 Å². The molecule has 2 rings (SSSR count). The van der Waals surface area contributed by atoms with Gasteiger partial charge in [0.1, 0.15) is 0 Å². The first-order valence-electron chi connectivity index (χ1n) is 7.74. The first-order valence-corrected chi connectivity index (χ1v) is 8.11. The maximum atomic E-state index is 11.1. The van der Waals surface area contributed by atoms with Gasteiger partial charge in [-0.15, -0.1) is 24.0 Å². The Kier molecular flexibility index (Phi) is 9.30. The van der Waals surface area contributed by atoms with Gasteiger partial charge in [-0.25, -0.2) is 4.99 Å². The normalized spacial score (nSPS) is 10.7. The molecule has 7 heteroatoms. The van der Waals surface area contributed by atoms with E-state index in [9.17, 15) is 4.79 Å². The third kappa shape index (κ3) is 7.31. The molecule has 25 heavy (non-hydrogen) atoms. The van der Waals surface area contributed by atoms with Crippen molar-refractivity contribution in [1.29, 1.82) is 0 Å². The number of rotatable bonds is 6. The Morgan fingerprint density at radius 2 is 1.64 bits per heavy atom. The highest BCUT2D eigenvalue weighted by atomic mass is 127. The SMILES string of the molecule is CCNC(=NCc1ccc(C(N)=O)cc1)NCc1ccc(Cl)cc1.I. The number of aliphatic imine (C=N–C) groups is 1. The third-order valence-electron chi connectivity index (χ3n) is 3.38. The van der Waals surface area contributed by atoms with Crippen LogP contribution in [0.3, 0.4) is 0 Å². The lowest BCUT2D eigenvalue weighted by Gasteiger charge is -2.11. The molecule has 0 aliphatic rings. The molecule has 0 saturated carbocycles. The number of nitrogens with two attached hydrogens (primary N) is 1. The van der Waals surface area contributed by atoms with Gasteiger partial charge in [-0.05, 0) is 42.3 Å². The molecule has 0 atom stereocenters. The van der Waals surface area contributed by atoms with Crippen LogP contribution in [0.1, 0.15) is 28.4 Å². The molecular formula is C18H22ClIN4O. The van der Waals surface area contributed by atoms with Crippen molar-refractivity contribution in [2.75, 3.05) is 6.54 Å². The summed E-state index contributed by atoms with van der Waals surface area (Å²) in [6, 6.07) is 14.8. The summed E-state index contributed by atoms with van der Waals surface area (Å²) < 4.78 is 0. The number of primary amides is 1. The highest BCUT2D eigenvalue weighted by Crippen LogP contribution is 2.09. The zero-order chi connectivity index (χ0) is 17.4. The topological polar surface area (TPSA) is 79.5 Å². The number of carbonyl (C=O) groups excluding carboxylic acids is 1. The van der Waals surface area contributed by atoms with Crippen molar-refractivity contribution in [3.8, 4) is 0 Å². The van der Waals surface area contributed by atoms with Gasteiger partial charge in [0.25, 0.3) is 0 Å². The van der Waals surface area contributed by atoms with Crippen molar-refractivity contribution < 1.29 is 4.79 Å². The summed E-state index contributed by atoms with van der Waals surface area (Å²) in [6.45, 7) is 3.95. The molecule has 0 aliphatic heterocycles. The van der Waals surface area contributed by atoms with E-state index in [0.29, 0.717) is 18.7 Å². The second-order valence-corrected chi connectivity index (χ2v) is 5.67. The lowest BCUT2D eigenvalue weighted by atomic mass is 10.1. The van der Waals surface area contributed by atoms with E-state index in [-0.39, 0.29) is 24.0 Å². The van der Waals surface area contributed by atoms with Gasteiger partial charge in [-0.1, -0.05) is 35.9 Å². The van der Waals surface area contributed by atoms with Gasteiger partial charge in [-0.2, -0.15) is 0 Å². The highest BCUT2D eigenvalue weighted by molar-refractivity contribution is 14.0. The van der Waals surface area contributed by atoms with Crippen LogP contribution in [0.5, 0.6) is 0 Å². The third-order valence-corrected chi connectivity index (χ3v) is 3.63. The van der Waals surface area contributed by atoms with Crippen molar-refractivity contribution in [3.05, 3.63) is 70.2 Å². The molecule has 0 unspecified atom stereocenters. The molecule has 2 aromatic rings. The van der Waals surface area contributed by atoms with Crippen LogP contribution in [0.15, 0.2) is 53.5 Å². The van der Waals surface area contributed by atoms with E-state index in [1.807, 2.05) is 43.3 Å². The van der Waals surface area contributed by atoms with Gasteiger partial charge >= 0.3 is 0 Å². The Morgan fingerprint density at radius 3 is 2.20 bits per heavy atom. The van der Waals surface area contributed by atoms with Gasteiger partial charge in [-0.3, -0.25) is 4.79 Å². The van der Waals surface area contributed by atoms with Crippen LogP contribution in [0.2, 0.25) is 5.02 Å². The Balaban J connectivity index is 0.00000312. The van der Waals surface area contributed by atoms with E-state index < -0.39 is 5.91 Å². The van der Waals surface area contributed by atoms with E-state index in [1.165, 1.54) is 0 Å². The standard InChI is InChI=1S/C18H21ClN4O.HI/c1-2-21-18(23-12-14-5-9-16(19)10-6-14)22-11-13-3-7-15(8-4-13)17(20)24;/h3-10H,2,11-12H2,1H3,(H2,20,24)(H2,21,22,23);1H. The fraction of sp³-hybridized carbons (Fsp3) is 0.222. The summed E-state index contributed by atoms with van der Waals surface area (Å²) in [5.41, 5.74) is 7.86. The van der Waals surface area contributed by atoms with E-state index >= 15 is 0 Å². The van der Waals surface area contributed by atoms with Crippen LogP contribution in [0.4, 0.5) is 0 Å². The Labute approximate surface area is 170 Å². The molecule has 0 spiro atoms. The van der Waals surface area contributed by atoms with Gasteiger partial charge in [0.05, 0.1) is 6.54 Å². The molecule has 134 valence electrons. The number of amides is 1. The van der Waals surface area contributed by atoms with Crippen LogP contribution in [-0.2, 0) is 13.1 Å². The van der Waals surface area contributed by atoms with Gasteiger partial charge < -0.3 is 16.4 Å². The van der Waals surface area contributed by atoms with Gasteiger partial charge in [0.15, 0.2) is 5.96 Å². The quantitative estimate of drug-likeness (QED) is 0.343. The van der Waals surface area contributed by atoms with Gasteiger partial charge in [0, 0.05) is 23.7 Å². The molecule has 5 nitrogen and oxygen atoms in total. The predicted molar refractivity (Wildman–Crippen MR) is 113 cm³/mol. The van der Waals surface area contributed by atoms with Crippen molar-refractivity contribution >= 4 is 47.4 Å². The molecule has 0 radical (unpaired) electrons. The molecule has 0 aliphatic carbocycles. The minimum Gasteiger partial charge on any atom is -0.366 e. The smallest absolute Gasteiger partial charge is 0.248 e. The number of nitrogens with zero attached hydrogens (tertiary/aromatic N) is 1. The van der Waals surface area contributed by atoms with E-state index in [4.69, 9.17) is 17.3 Å². The largest absolute Gasteiger partial charge is 0.366 e. The Morgan fingerprint density at radius 1 is 1.04 bits per heavy atom. The number of hydrogen-bond acceptors (Lipinski definition) is 2. The molecule has 0 fully saturated rings. The fourth-order valence-corrected chi connectivity index (χ4v) is 2.20. The predicted octanol–water partition coefficient (Wildman–Crippen LogP) is 3.31. The first-order chi connectivity index (χ1) is 11.6. The molecule has 4 N–H and O–H groups in total. The number of guanidine groups is 1. The zero-order valence-electron chi connectivity index (χ0n) is 14.0. The Hall–Kier alpha value is -1.80. The molecule has 0 heterocycles. The minimum absolute atomic E-state index is 0. The lowest BCUT2D eigenvalue weighted by Crippen LogP contribution is -2.36. The number of nitrogens with one attached hydrogen (secondary N) is 2. The molecule has 0 aromatic heterocycles. The number of benzene rings is 2. The summed E-state index contributed by atoms with van der Waals surface area (Å²) >= 11 is 5.89. The maximum Gasteiger partial charge on any atom is 0.248 e. The van der Waals surface area contributed by atoms with Crippen LogP contribution in [0.25, 0.3) is 0 Å². The molecule has 0 saturated heterocycles. The summed E-state index contributed by atoms with van der Waals surface area (Å²) in [4.78, 5) is 15.6. The summed E-state index contributed by atoms with van der Waals surface area (Å²) in [5, 5.41) is 7.20. The van der Waals surface area contributed by atoms with Crippen molar-refractivity contribution in [2.45, 2.75) is 20.0 Å². The maximum absolute atomic E-state index is 11.1. The molecule has 0 bridgehead atoms. The second-order valence-electron chi connectivity index (χ2n) is 5.24. The van der Waals surface area contributed by atoms with Crippen LogP contribution >= 0.6 is 35.6 Å². The average Bonchev–Trinajstić information content (AvgIpc) is 2.59. The fourth-order valence-electron chi connectivity index (χ4n) is 2.07. The highest BCUT2D eigenvalue weighted by Gasteiger charge is 2.01. The zero-order valence-corrected chi connectivity index (χ0v) is 17.0. The second kappa shape index (κ2) is 10.9. The van der Waals surface area contributed by atoms with Crippen LogP contribution < -0.4 is 16.4 Å². The summed E-state index contributed by atoms with van der Waals surface area (Å²) in [5.74, 6) is 0.300. The van der Waals surface area contributed by atoms with Crippen molar-refractivity contribution in [1.82, 2.24) is 10.6 Å². The lowest BCUT2D eigenvalue weighted by molar-refractivity contribution is 0.100. The Bertz CT molecular complexity index is 702. The number of halogens is 2. The van der Waals surface area contributed by atoms with Crippen LogP contribution in [-0.4, -0.2) is 18.4 Å². The summed E-state index contributed by atoms with van der Waals surface area (Å²) in [6.07, 6.45) is 0. The molecular weight excluding hydrogens is 451 g/mol. The monoisotopic (exact) mass is 472 g/mol. The summed E-state index contributed by atoms with van der Waals surface area (Å²) in [7, 11) is 0. The molecule has 2 aromatic carbocycles. The van der Waals surface area contributed by atoms with Crippen molar-refractivity contribution in [3.63, 3.8) is 0 Å². The van der Waals surface area contributed by atoms with Crippen LogP contribution in [0, 0.1) is 0 Å². The van der Waals surface area contributed by atoms with E-state index in [0.717, 1.165) is 28.7 Å². The van der Waals surface area contributed by atoms with Gasteiger partial charge in [0.2, 0.25) is 5.91 Å². The minimum atomic E-state index is -0.428. The number of hydrogen-bond donors (Lipinski definition) is 3. The first kappa shape index (κ1) is 21.2.